The standard InChI is InChI=1S/C30H33Cl2F6N3O3/c1-27(2,3)44-26(43)41-11-8-24(21(16-41)17-6-7-22(31)23(32)12-17)39(4)25(42)40(5)28(9-10-28)18-13-19(29(33,34)35)15-20(14-18)30(36,37)38/h6-7,12-15,21,24H,8-11,16H2,1-5H3/t21-,24+/m0/s1. The molecule has 3 amide bonds. The van der Waals surface area contributed by atoms with E-state index in [1.54, 1.807) is 39.0 Å². The minimum atomic E-state index is -5.01. The predicted octanol–water partition coefficient (Wildman–Crippen LogP) is 8.80. The monoisotopic (exact) mass is 667 g/mol. The van der Waals surface area contributed by atoms with Crippen molar-refractivity contribution in [2.45, 2.75) is 75.5 Å². The number of carbonyl (C=O) groups excluding carboxylic acids is 2. The molecule has 2 aromatic carbocycles. The quantitative estimate of drug-likeness (QED) is 0.306. The van der Waals surface area contributed by atoms with Crippen molar-refractivity contribution in [2.24, 2.45) is 0 Å². The van der Waals surface area contributed by atoms with E-state index in [1.807, 2.05) is 0 Å². The van der Waals surface area contributed by atoms with E-state index in [1.165, 1.54) is 28.8 Å². The van der Waals surface area contributed by atoms with Crippen LogP contribution in [0.2, 0.25) is 10.0 Å². The summed E-state index contributed by atoms with van der Waals surface area (Å²) < 4.78 is 87.2. The summed E-state index contributed by atoms with van der Waals surface area (Å²) in [5.41, 5.74) is -4.49. The van der Waals surface area contributed by atoms with Crippen molar-refractivity contribution in [3.8, 4) is 0 Å². The molecule has 1 aliphatic carbocycles. The minimum Gasteiger partial charge on any atom is -0.444 e. The zero-order valence-electron chi connectivity index (χ0n) is 24.7. The van der Waals surface area contributed by atoms with E-state index >= 15 is 0 Å². The van der Waals surface area contributed by atoms with Crippen LogP contribution in [0.1, 0.15) is 68.2 Å². The number of nitrogens with zero attached hydrogens (tertiary/aromatic N) is 3. The largest absolute Gasteiger partial charge is 0.444 e. The summed E-state index contributed by atoms with van der Waals surface area (Å²) in [6.45, 7) is 5.63. The van der Waals surface area contributed by atoms with Gasteiger partial charge in [0.1, 0.15) is 5.60 Å². The van der Waals surface area contributed by atoms with E-state index in [9.17, 15) is 35.9 Å². The van der Waals surface area contributed by atoms with Crippen LogP contribution in [-0.4, -0.2) is 65.7 Å². The van der Waals surface area contributed by atoms with E-state index < -0.39 is 58.7 Å². The highest BCUT2D eigenvalue weighted by Gasteiger charge is 2.53. The maximum absolute atomic E-state index is 13.9. The number of alkyl halides is 6. The molecule has 0 spiro atoms. The Hall–Kier alpha value is -2.86. The number of hydrogen-bond donors (Lipinski definition) is 0. The molecule has 1 saturated heterocycles. The van der Waals surface area contributed by atoms with Gasteiger partial charge < -0.3 is 19.4 Å². The average Bonchev–Trinajstić information content (AvgIpc) is 3.73. The number of halogens is 8. The highest BCUT2D eigenvalue weighted by molar-refractivity contribution is 6.42. The van der Waals surface area contributed by atoms with Crippen molar-refractivity contribution in [3.63, 3.8) is 0 Å². The molecule has 1 aliphatic heterocycles. The second-order valence-corrected chi connectivity index (χ2v) is 13.2. The molecule has 44 heavy (non-hydrogen) atoms. The molecule has 1 saturated carbocycles. The Morgan fingerprint density at radius 1 is 0.909 bits per heavy atom. The first-order valence-corrected chi connectivity index (χ1v) is 14.6. The van der Waals surface area contributed by atoms with Gasteiger partial charge in [-0.25, -0.2) is 9.59 Å². The molecular weight excluding hydrogens is 635 g/mol. The van der Waals surface area contributed by atoms with Gasteiger partial charge in [-0.3, -0.25) is 0 Å². The molecule has 4 rings (SSSR count). The lowest BCUT2D eigenvalue weighted by atomic mass is 9.85. The third kappa shape index (κ3) is 7.17. The van der Waals surface area contributed by atoms with E-state index in [2.05, 4.69) is 0 Å². The summed E-state index contributed by atoms with van der Waals surface area (Å²) in [5.74, 6) is -0.464. The van der Waals surface area contributed by atoms with Gasteiger partial charge in [0.25, 0.3) is 0 Å². The van der Waals surface area contributed by atoms with Crippen LogP contribution in [0.5, 0.6) is 0 Å². The van der Waals surface area contributed by atoms with Crippen molar-refractivity contribution in [1.82, 2.24) is 14.7 Å². The highest BCUT2D eigenvalue weighted by atomic mass is 35.5. The van der Waals surface area contributed by atoms with Crippen LogP contribution in [0.3, 0.4) is 0 Å². The minimum absolute atomic E-state index is 0.0772. The Kier molecular flexibility index (Phi) is 9.14. The molecule has 2 aliphatic rings. The summed E-state index contributed by atoms with van der Waals surface area (Å²) in [4.78, 5) is 31.0. The third-order valence-electron chi connectivity index (χ3n) is 8.18. The van der Waals surface area contributed by atoms with E-state index in [0.29, 0.717) is 29.1 Å². The second-order valence-electron chi connectivity index (χ2n) is 12.3. The normalized spacial score (nSPS) is 20.2. The molecule has 0 bridgehead atoms. The lowest BCUT2D eigenvalue weighted by Gasteiger charge is -2.44. The van der Waals surface area contributed by atoms with Crippen LogP contribution in [-0.2, 0) is 22.6 Å². The van der Waals surface area contributed by atoms with Gasteiger partial charge in [-0.1, -0.05) is 29.3 Å². The van der Waals surface area contributed by atoms with Crippen LogP contribution in [0.4, 0.5) is 35.9 Å². The van der Waals surface area contributed by atoms with Crippen LogP contribution < -0.4 is 0 Å². The Bertz CT molecular complexity index is 1390. The third-order valence-corrected chi connectivity index (χ3v) is 8.92. The lowest BCUT2D eigenvalue weighted by Crippen LogP contribution is -2.55. The molecule has 1 heterocycles. The topological polar surface area (TPSA) is 53.1 Å². The number of rotatable bonds is 4. The molecular formula is C30H33Cl2F6N3O3. The SMILES string of the molecule is CN(C(=O)N(C)C1(c2cc(C(F)(F)F)cc(C(F)(F)F)c2)CC1)[C@@H]1CCN(C(=O)OC(C)(C)C)C[C@H]1c1ccc(Cl)c(Cl)c1. The van der Waals surface area contributed by atoms with Crippen molar-refractivity contribution in [3.05, 3.63) is 68.7 Å². The molecule has 0 aromatic heterocycles. The fraction of sp³-hybridized carbons (Fsp3) is 0.533. The number of amides is 3. The summed E-state index contributed by atoms with van der Waals surface area (Å²) >= 11 is 12.4. The van der Waals surface area contributed by atoms with Gasteiger partial charge in [0.15, 0.2) is 0 Å². The first-order chi connectivity index (χ1) is 20.1. The molecule has 2 fully saturated rings. The number of urea groups is 1. The smallest absolute Gasteiger partial charge is 0.416 e. The van der Waals surface area contributed by atoms with Gasteiger partial charge >= 0.3 is 24.5 Å². The van der Waals surface area contributed by atoms with E-state index in [-0.39, 0.29) is 42.6 Å². The Morgan fingerprint density at radius 3 is 1.95 bits per heavy atom. The maximum Gasteiger partial charge on any atom is 0.416 e. The highest BCUT2D eigenvalue weighted by Crippen LogP contribution is 2.53. The molecule has 6 nitrogen and oxygen atoms in total. The fourth-order valence-corrected chi connectivity index (χ4v) is 5.99. The fourth-order valence-electron chi connectivity index (χ4n) is 5.69. The van der Waals surface area contributed by atoms with Gasteiger partial charge in [0.05, 0.1) is 26.7 Å². The Balaban J connectivity index is 1.65. The Morgan fingerprint density at radius 2 is 1.48 bits per heavy atom. The van der Waals surface area contributed by atoms with E-state index in [4.69, 9.17) is 27.9 Å². The number of piperidine rings is 1. The first kappa shape index (κ1) is 34.0. The maximum atomic E-state index is 13.9. The van der Waals surface area contributed by atoms with Crippen LogP contribution in [0, 0.1) is 0 Å². The first-order valence-electron chi connectivity index (χ1n) is 13.9. The molecule has 14 heteroatoms. The molecule has 2 atom stereocenters. The summed E-state index contributed by atoms with van der Waals surface area (Å²) in [6.07, 6.45) is -9.87. The van der Waals surface area contributed by atoms with Crippen LogP contribution in [0.15, 0.2) is 36.4 Å². The number of hydrogen-bond acceptors (Lipinski definition) is 3. The number of carbonyl (C=O) groups is 2. The molecule has 0 N–H and O–H groups in total. The van der Waals surface area contributed by atoms with Gasteiger partial charge in [0, 0.05) is 39.1 Å². The van der Waals surface area contributed by atoms with Gasteiger partial charge in [-0.2, -0.15) is 26.3 Å². The van der Waals surface area contributed by atoms with Crippen molar-refractivity contribution >= 4 is 35.3 Å². The summed E-state index contributed by atoms with van der Waals surface area (Å²) in [5, 5.41) is 0.580. The Labute approximate surface area is 261 Å². The zero-order valence-corrected chi connectivity index (χ0v) is 26.3. The van der Waals surface area contributed by atoms with Crippen molar-refractivity contribution < 1.29 is 40.7 Å². The number of likely N-dealkylation sites (N-methyl/N-ethyl adjacent to an activating group) is 1. The summed E-state index contributed by atoms with van der Waals surface area (Å²) in [6, 6.07) is 5.32. The number of benzene rings is 2. The molecule has 242 valence electrons. The summed E-state index contributed by atoms with van der Waals surface area (Å²) in [7, 11) is 2.91. The zero-order chi connectivity index (χ0) is 33.0. The predicted molar refractivity (Wildman–Crippen MR) is 154 cm³/mol. The van der Waals surface area contributed by atoms with E-state index in [0.717, 1.165) is 0 Å². The van der Waals surface area contributed by atoms with Gasteiger partial charge in [0.2, 0.25) is 0 Å². The molecule has 0 unspecified atom stereocenters. The molecule has 0 radical (unpaired) electrons. The van der Waals surface area contributed by atoms with Crippen LogP contribution >= 0.6 is 23.2 Å². The average molecular weight is 669 g/mol. The molecule has 2 aromatic rings. The van der Waals surface area contributed by atoms with Crippen LogP contribution in [0.25, 0.3) is 0 Å². The number of likely N-dealkylation sites (tertiary alicyclic amines) is 1. The van der Waals surface area contributed by atoms with Gasteiger partial charge in [-0.15, -0.1) is 0 Å². The lowest BCUT2D eigenvalue weighted by molar-refractivity contribution is -0.143. The van der Waals surface area contributed by atoms with Gasteiger partial charge in [-0.05, 0) is 81.5 Å². The van der Waals surface area contributed by atoms with Crippen molar-refractivity contribution in [2.75, 3.05) is 27.2 Å². The second kappa shape index (κ2) is 11.8. The van der Waals surface area contributed by atoms with Crippen molar-refractivity contribution in [1.29, 1.82) is 0 Å². The number of ether oxygens (including phenoxy) is 1.